The van der Waals surface area contributed by atoms with Crippen molar-refractivity contribution in [3.8, 4) is 5.75 Å². The maximum absolute atomic E-state index is 12.0. The molecule has 0 aromatic heterocycles. The molecule has 1 amide bonds. The van der Waals surface area contributed by atoms with Crippen molar-refractivity contribution in [3.05, 3.63) is 64.0 Å². The van der Waals surface area contributed by atoms with Crippen LogP contribution in [0.15, 0.2) is 57.8 Å². The number of nitrogens with one attached hydrogen (secondary N) is 1. The molecule has 0 saturated carbocycles. The zero-order chi connectivity index (χ0) is 18.9. The summed E-state index contributed by atoms with van der Waals surface area (Å²) in [4.78, 5) is 25.4. The summed E-state index contributed by atoms with van der Waals surface area (Å²) in [5.41, 5.74) is 9.07. The largest absolute Gasteiger partial charge is 0.507 e. The van der Waals surface area contributed by atoms with Gasteiger partial charge in [0.05, 0.1) is 22.5 Å². The molecule has 0 saturated heterocycles. The van der Waals surface area contributed by atoms with Gasteiger partial charge in [0.1, 0.15) is 5.75 Å². The SMILES string of the molecule is [N-]=[N+]=NCCNC(=O)c1cc(N=Nc2ccc(C(=O)O)cc2)ccc1O. The van der Waals surface area contributed by atoms with Gasteiger partial charge in [0.25, 0.3) is 5.91 Å². The molecule has 2 rings (SSSR count). The summed E-state index contributed by atoms with van der Waals surface area (Å²) in [6.07, 6.45) is 0. The van der Waals surface area contributed by atoms with Crippen molar-refractivity contribution in [2.45, 2.75) is 0 Å². The lowest BCUT2D eigenvalue weighted by molar-refractivity contribution is 0.0696. The van der Waals surface area contributed by atoms with Crippen LogP contribution in [0.3, 0.4) is 0 Å². The molecule has 10 heteroatoms. The Kier molecular flexibility index (Phi) is 6.24. The molecule has 0 spiro atoms. The molecule has 2 aromatic rings. The summed E-state index contributed by atoms with van der Waals surface area (Å²) in [5, 5.41) is 32.4. The van der Waals surface area contributed by atoms with E-state index in [1.54, 1.807) is 0 Å². The van der Waals surface area contributed by atoms with E-state index in [0.29, 0.717) is 11.4 Å². The lowest BCUT2D eigenvalue weighted by Gasteiger charge is -2.06. The monoisotopic (exact) mass is 354 g/mol. The molecule has 132 valence electrons. The van der Waals surface area contributed by atoms with Crippen LogP contribution in [-0.4, -0.2) is 35.2 Å². The molecule has 0 heterocycles. The van der Waals surface area contributed by atoms with Crippen molar-refractivity contribution in [2.24, 2.45) is 15.3 Å². The molecule has 0 aliphatic rings. The van der Waals surface area contributed by atoms with Gasteiger partial charge in [0.15, 0.2) is 0 Å². The highest BCUT2D eigenvalue weighted by molar-refractivity contribution is 5.97. The van der Waals surface area contributed by atoms with Gasteiger partial charge in [0, 0.05) is 18.0 Å². The number of amides is 1. The molecule has 10 nitrogen and oxygen atoms in total. The molecule has 26 heavy (non-hydrogen) atoms. The van der Waals surface area contributed by atoms with E-state index in [-0.39, 0.29) is 30.0 Å². The zero-order valence-electron chi connectivity index (χ0n) is 13.4. The third-order valence-electron chi connectivity index (χ3n) is 3.18. The first kappa shape index (κ1) is 18.4. The number of azo groups is 1. The molecule has 0 fully saturated rings. The number of nitrogens with zero attached hydrogens (tertiary/aromatic N) is 5. The van der Waals surface area contributed by atoms with Crippen LogP contribution >= 0.6 is 0 Å². The summed E-state index contributed by atoms with van der Waals surface area (Å²) in [6, 6.07) is 9.93. The van der Waals surface area contributed by atoms with Crippen LogP contribution in [0, 0.1) is 0 Å². The maximum atomic E-state index is 12.0. The van der Waals surface area contributed by atoms with Crippen molar-refractivity contribution < 1.29 is 19.8 Å². The van der Waals surface area contributed by atoms with Crippen LogP contribution in [0.4, 0.5) is 11.4 Å². The third kappa shape index (κ3) is 5.05. The zero-order valence-corrected chi connectivity index (χ0v) is 13.4. The molecule has 2 aromatic carbocycles. The van der Waals surface area contributed by atoms with Gasteiger partial charge >= 0.3 is 5.97 Å². The molecule has 0 radical (unpaired) electrons. The topological polar surface area (TPSA) is 160 Å². The van der Waals surface area contributed by atoms with Gasteiger partial charge in [-0.05, 0) is 48.0 Å². The number of carboxylic acid groups (broad SMARTS) is 1. The Morgan fingerprint density at radius 3 is 2.38 bits per heavy atom. The molecule has 0 aliphatic carbocycles. The molecule has 0 atom stereocenters. The number of aromatic hydroxyl groups is 1. The number of phenolic OH excluding ortho intramolecular Hbond substituents is 1. The fraction of sp³-hybridized carbons (Fsp3) is 0.125. The van der Waals surface area contributed by atoms with Crippen molar-refractivity contribution in [3.63, 3.8) is 0 Å². The molecular weight excluding hydrogens is 340 g/mol. The van der Waals surface area contributed by atoms with Gasteiger partial charge in [-0.3, -0.25) is 4.79 Å². The minimum absolute atomic E-state index is 0.00334. The Morgan fingerprint density at radius 2 is 1.73 bits per heavy atom. The van der Waals surface area contributed by atoms with Gasteiger partial charge in [-0.2, -0.15) is 10.2 Å². The molecule has 3 N–H and O–H groups in total. The Morgan fingerprint density at radius 1 is 1.08 bits per heavy atom. The van der Waals surface area contributed by atoms with E-state index >= 15 is 0 Å². The van der Waals surface area contributed by atoms with E-state index < -0.39 is 11.9 Å². The molecular formula is C16H14N6O4. The Balaban J connectivity index is 2.11. The number of benzene rings is 2. The van der Waals surface area contributed by atoms with Crippen LogP contribution in [0.5, 0.6) is 5.75 Å². The van der Waals surface area contributed by atoms with Crippen molar-refractivity contribution in [2.75, 3.05) is 13.1 Å². The Bertz CT molecular complexity index is 888. The fourth-order valence-electron chi connectivity index (χ4n) is 1.91. The normalized spacial score (nSPS) is 10.3. The predicted octanol–water partition coefficient (Wildman–Crippen LogP) is 3.55. The molecule has 0 aliphatic heterocycles. The fourth-order valence-corrected chi connectivity index (χ4v) is 1.91. The number of carbonyl (C=O) groups excluding carboxylic acids is 1. The van der Waals surface area contributed by atoms with Crippen molar-refractivity contribution >= 4 is 23.3 Å². The van der Waals surface area contributed by atoms with Gasteiger partial charge in [0.2, 0.25) is 0 Å². The highest BCUT2D eigenvalue weighted by Gasteiger charge is 2.11. The minimum Gasteiger partial charge on any atom is -0.507 e. The lowest BCUT2D eigenvalue weighted by atomic mass is 10.1. The summed E-state index contributed by atoms with van der Waals surface area (Å²) >= 11 is 0. The lowest BCUT2D eigenvalue weighted by Crippen LogP contribution is -2.25. The second-order valence-corrected chi connectivity index (χ2v) is 4.96. The highest BCUT2D eigenvalue weighted by Crippen LogP contribution is 2.25. The van der Waals surface area contributed by atoms with Crippen molar-refractivity contribution in [1.29, 1.82) is 0 Å². The summed E-state index contributed by atoms with van der Waals surface area (Å²) < 4.78 is 0. The number of aromatic carboxylic acids is 1. The minimum atomic E-state index is -1.04. The van der Waals surface area contributed by atoms with E-state index in [2.05, 4.69) is 25.6 Å². The van der Waals surface area contributed by atoms with Crippen LogP contribution in [0.1, 0.15) is 20.7 Å². The first-order chi connectivity index (χ1) is 12.5. The summed E-state index contributed by atoms with van der Waals surface area (Å²) in [6.45, 7) is 0.221. The van der Waals surface area contributed by atoms with Crippen LogP contribution in [0.25, 0.3) is 10.4 Å². The van der Waals surface area contributed by atoms with E-state index in [4.69, 9.17) is 10.6 Å². The Hall–Kier alpha value is -3.91. The average molecular weight is 354 g/mol. The second kappa shape index (κ2) is 8.81. The van der Waals surface area contributed by atoms with Gasteiger partial charge in [-0.1, -0.05) is 5.11 Å². The number of hydrogen-bond donors (Lipinski definition) is 3. The Labute approximate surface area is 147 Å². The highest BCUT2D eigenvalue weighted by atomic mass is 16.4. The number of phenols is 1. The molecule has 0 bridgehead atoms. The van der Waals surface area contributed by atoms with E-state index in [1.165, 1.54) is 42.5 Å². The quantitative estimate of drug-likeness (QED) is 0.300. The summed E-state index contributed by atoms with van der Waals surface area (Å²) in [7, 11) is 0. The van der Waals surface area contributed by atoms with Crippen LogP contribution in [0.2, 0.25) is 0 Å². The number of hydrogen-bond acceptors (Lipinski definition) is 6. The third-order valence-corrected chi connectivity index (χ3v) is 3.18. The van der Waals surface area contributed by atoms with Crippen molar-refractivity contribution in [1.82, 2.24) is 5.32 Å². The number of azide groups is 1. The van der Waals surface area contributed by atoms with E-state index in [1.807, 2.05) is 0 Å². The smallest absolute Gasteiger partial charge is 0.335 e. The number of rotatable bonds is 7. The van der Waals surface area contributed by atoms with E-state index in [0.717, 1.165) is 0 Å². The maximum Gasteiger partial charge on any atom is 0.335 e. The first-order valence-electron chi connectivity index (χ1n) is 7.38. The summed E-state index contributed by atoms with van der Waals surface area (Å²) in [5.74, 6) is -1.81. The van der Waals surface area contributed by atoms with Gasteiger partial charge < -0.3 is 15.5 Å². The first-order valence-corrected chi connectivity index (χ1v) is 7.38. The predicted molar refractivity (Wildman–Crippen MR) is 92.0 cm³/mol. The second-order valence-electron chi connectivity index (χ2n) is 4.96. The average Bonchev–Trinajstić information content (AvgIpc) is 2.64. The van der Waals surface area contributed by atoms with E-state index in [9.17, 15) is 14.7 Å². The standard InChI is InChI=1S/C16H14N6O4/c17-22-19-8-7-18-15(24)13-9-12(5-6-14(13)23)21-20-11-3-1-10(2-4-11)16(25)26/h1-6,9,23H,7-8H2,(H,18,24)(H,25,26). The van der Waals surface area contributed by atoms with Crippen LogP contribution in [-0.2, 0) is 0 Å². The van der Waals surface area contributed by atoms with Gasteiger partial charge in [-0.15, -0.1) is 0 Å². The molecule has 0 unspecified atom stereocenters. The number of carboxylic acids is 1. The van der Waals surface area contributed by atoms with Gasteiger partial charge in [-0.25, -0.2) is 4.79 Å². The number of carbonyl (C=O) groups is 2. The van der Waals surface area contributed by atoms with Crippen LogP contribution < -0.4 is 5.32 Å².